The highest BCUT2D eigenvalue weighted by Crippen LogP contribution is 2.57. The lowest BCUT2D eigenvalue weighted by atomic mass is 9.49. The molecule has 3 aromatic rings. The highest BCUT2D eigenvalue weighted by atomic mass is 35.5. The fourth-order valence-corrected chi connectivity index (χ4v) is 6.49. The summed E-state index contributed by atoms with van der Waals surface area (Å²) < 4.78 is 0. The highest BCUT2D eigenvalue weighted by Gasteiger charge is 2.64. The molecule has 0 saturated carbocycles. The van der Waals surface area contributed by atoms with Crippen molar-refractivity contribution in [2.45, 2.75) is 42.7 Å². The maximum atomic E-state index is 12.3. The van der Waals surface area contributed by atoms with Gasteiger partial charge in [0.2, 0.25) is 0 Å². The fourth-order valence-electron chi connectivity index (χ4n) is 6.26. The Bertz CT molecular complexity index is 1180. The number of phenols is 1. The van der Waals surface area contributed by atoms with Gasteiger partial charge in [0, 0.05) is 35.4 Å². The van der Waals surface area contributed by atoms with Crippen LogP contribution < -0.4 is 0 Å². The number of fused-ring (bicyclic) bond motifs is 3. The number of para-hydroxylation sites is 1. The number of likely N-dealkylation sites (tertiary alicyclic amines) is 1. The molecule has 0 spiro atoms. The minimum Gasteiger partial charge on any atom is -0.508 e. The largest absolute Gasteiger partial charge is 0.508 e. The normalized spacial score (nSPS) is 30.5. The van der Waals surface area contributed by atoms with Crippen molar-refractivity contribution in [3.8, 4) is 5.75 Å². The molecule has 3 atom stereocenters. The lowest BCUT2D eigenvalue weighted by Crippen LogP contribution is -2.73. The first kappa shape index (κ1) is 17.7. The van der Waals surface area contributed by atoms with Gasteiger partial charge >= 0.3 is 0 Å². The zero-order chi connectivity index (χ0) is 20.0. The zero-order valence-electron chi connectivity index (χ0n) is 16.3. The number of benzene rings is 2. The smallest absolute Gasteiger partial charge is 0.115 e. The van der Waals surface area contributed by atoms with Crippen LogP contribution in [0.25, 0.3) is 10.9 Å². The summed E-state index contributed by atoms with van der Waals surface area (Å²) in [6, 6.07) is 13.7. The van der Waals surface area contributed by atoms with Gasteiger partial charge in [-0.3, -0.25) is 4.98 Å². The van der Waals surface area contributed by atoms with Crippen LogP contribution in [0.2, 0.25) is 5.02 Å². The van der Waals surface area contributed by atoms with Crippen LogP contribution in [0.3, 0.4) is 0 Å². The Hall–Kier alpha value is -2.14. The third-order valence-electron chi connectivity index (χ3n) is 7.72. The second-order valence-corrected chi connectivity index (χ2v) is 9.46. The van der Waals surface area contributed by atoms with Crippen molar-refractivity contribution in [1.29, 1.82) is 0 Å². The van der Waals surface area contributed by atoms with Gasteiger partial charge in [0.15, 0.2) is 0 Å². The number of rotatable bonds is 0. The Morgan fingerprint density at radius 3 is 2.86 bits per heavy atom. The van der Waals surface area contributed by atoms with Crippen molar-refractivity contribution in [2.24, 2.45) is 0 Å². The lowest BCUT2D eigenvalue weighted by molar-refractivity contribution is -0.145. The summed E-state index contributed by atoms with van der Waals surface area (Å²) in [5.41, 5.74) is 3.96. The van der Waals surface area contributed by atoms with Gasteiger partial charge < -0.3 is 15.1 Å². The molecule has 1 saturated heterocycles. The molecular formula is C24H23ClN2O2. The number of hydrogen-bond donors (Lipinski definition) is 2. The molecular weight excluding hydrogens is 384 g/mol. The summed E-state index contributed by atoms with van der Waals surface area (Å²) >= 11 is 6.44. The van der Waals surface area contributed by atoms with Gasteiger partial charge in [-0.25, -0.2) is 0 Å². The topological polar surface area (TPSA) is 56.6 Å². The van der Waals surface area contributed by atoms with Gasteiger partial charge in [-0.1, -0.05) is 29.8 Å². The van der Waals surface area contributed by atoms with Crippen molar-refractivity contribution in [3.63, 3.8) is 0 Å². The molecule has 0 unspecified atom stereocenters. The first-order valence-electron chi connectivity index (χ1n) is 10.2. The summed E-state index contributed by atoms with van der Waals surface area (Å²) in [6.07, 6.45) is 2.88. The zero-order valence-corrected chi connectivity index (χ0v) is 17.1. The number of aromatic nitrogens is 1. The molecule has 2 bridgehead atoms. The Morgan fingerprint density at radius 1 is 1.14 bits per heavy atom. The first-order valence-corrected chi connectivity index (χ1v) is 10.6. The molecule has 0 amide bonds. The van der Waals surface area contributed by atoms with Crippen molar-refractivity contribution >= 4 is 22.5 Å². The third kappa shape index (κ3) is 2.20. The summed E-state index contributed by atoms with van der Waals surface area (Å²) in [4.78, 5) is 7.28. The number of piperidine rings is 1. The summed E-state index contributed by atoms with van der Waals surface area (Å²) in [7, 11) is 2.12. The maximum Gasteiger partial charge on any atom is 0.115 e. The number of halogens is 1. The second-order valence-electron chi connectivity index (χ2n) is 9.06. The number of pyridine rings is 1. The van der Waals surface area contributed by atoms with Crippen LogP contribution in [0, 0.1) is 0 Å². The molecule has 148 valence electrons. The maximum absolute atomic E-state index is 12.3. The van der Waals surface area contributed by atoms with E-state index in [0.29, 0.717) is 17.9 Å². The van der Waals surface area contributed by atoms with E-state index < -0.39 is 11.0 Å². The quantitative estimate of drug-likeness (QED) is 0.598. The van der Waals surface area contributed by atoms with Crippen LogP contribution in [0.1, 0.15) is 28.8 Å². The van der Waals surface area contributed by atoms with Crippen LogP contribution >= 0.6 is 11.6 Å². The average Bonchev–Trinajstić information content (AvgIpc) is 2.69. The van der Waals surface area contributed by atoms with Gasteiger partial charge in [0.05, 0.1) is 16.1 Å². The molecule has 1 fully saturated rings. The van der Waals surface area contributed by atoms with Crippen LogP contribution in [-0.4, -0.2) is 45.3 Å². The lowest BCUT2D eigenvalue weighted by Gasteiger charge is -2.63. The number of nitrogens with zero attached hydrogens (tertiary/aromatic N) is 2. The predicted molar refractivity (Wildman–Crippen MR) is 114 cm³/mol. The molecule has 4 nitrogen and oxygen atoms in total. The minimum atomic E-state index is -0.887. The molecule has 3 aliphatic rings. The molecule has 2 heterocycles. The monoisotopic (exact) mass is 406 g/mol. The number of phenolic OH excluding ortho intramolecular Hbond substituents is 1. The second kappa shape index (κ2) is 5.72. The molecule has 2 aromatic carbocycles. The van der Waals surface area contributed by atoms with Gasteiger partial charge in [-0.2, -0.15) is 0 Å². The SMILES string of the molecule is CN1CC[C@]23Cc4nc5c(Cl)cccc5cc4C[C@@]2(O)[C@H]1Cc1ccc(O)cc13. The van der Waals surface area contributed by atoms with E-state index in [4.69, 9.17) is 16.6 Å². The van der Waals surface area contributed by atoms with Crippen LogP contribution in [0.15, 0.2) is 42.5 Å². The highest BCUT2D eigenvalue weighted by molar-refractivity contribution is 6.35. The third-order valence-corrected chi connectivity index (χ3v) is 8.02. The van der Waals surface area contributed by atoms with Gasteiger partial charge in [0.25, 0.3) is 0 Å². The van der Waals surface area contributed by atoms with E-state index in [1.807, 2.05) is 30.3 Å². The van der Waals surface area contributed by atoms with E-state index in [1.54, 1.807) is 6.07 Å². The number of aliphatic hydroxyl groups is 1. The van der Waals surface area contributed by atoms with E-state index in [2.05, 4.69) is 18.0 Å². The fraction of sp³-hybridized carbons (Fsp3) is 0.375. The Balaban J connectivity index is 1.63. The molecule has 2 aliphatic carbocycles. The summed E-state index contributed by atoms with van der Waals surface area (Å²) in [6.45, 7) is 0.922. The molecule has 2 N–H and O–H groups in total. The van der Waals surface area contributed by atoms with Crippen molar-refractivity contribution in [3.05, 3.63) is 69.9 Å². The van der Waals surface area contributed by atoms with Crippen LogP contribution in [-0.2, 0) is 24.7 Å². The number of hydrogen-bond acceptors (Lipinski definition) is 4. The van der Waals surface area contributed by atoms with Crippen molar-refractivity contribution in [2.75, 3.05) is 13.6 Å². The van der Waals surface area contributed by atoms with Gasteiger partial charge in [0.1, 0.15) is 5.75 Å². The van der Waals surface area contributed by atoms with Crippen molar-refractivity contribution < 1.29 is 10.2 Å². The van der Waals surface area contributed by atoms with E-state index >= 15 is 0 Å². The minimum absolute atomic E-state index is 0.0523. The molecule has 5 heteroatoms. The molecule has 0 radical (unpaired) electrons. The number of aromatic hydroxyl groups is 1. The average molecular weight is 407 g/mol. The first-order chi connectivity index (χ1) is 13.9. The van der Waals surface area contributed by atoms with Gasteiger partial charge in [-0.05, 0) is 67.4 Å². The van der Waals surface area contributed by atoms with E-state index in [9.17, 15) is 10.2 Å². The molecule has 1 aromatic heterocycles. The predicted octanol–water partition coefficient (Wildman–Crippen LogP) is 3.62. The molecule has 29 heavy (non-hydrogen) atoms. The Kier molecular flexibility index (Phi) is 3.49. The van der Waals surface area contributed by atoms with E-state index in [-0.39, 0.29) is 11.8 Å². The molecule has 1 aliphatic heterocycles. The summed E-state index contributed by atoms with van der Waals surface area (Å²) in [5.74, 6) is 0.262. The van der Waals surface area contributed by atoms with E-state index in [0.717, 1.165) is 47.1 Å². The van der Waals surface area contributed by atoms with Crippen LogP contribution in [0.5, 0.6) is 5.75 Å². The van der Waals surface area contributed by atoms with Crippen molar-refractivity contribution in [1.82, 2.24) is 9.88 Å². The van der Waals surface area contributed by atoms with Gasteiger partial charge in [-0.15, -0.1) is 0 Å². The standard InChI is InChI=1S/C24H23ClN2O2/c1-27-8-7-23-13-20-16(9-15-3-2-4-19(25)22(15)26-20)12-24(23,29)21(27)10-14-5-6-17(28)11-18(14)23/h2-6,9,11,21,28-29H,7-8,10,12-13H2,1H3/t21-,23-,24-/m1/s1. The number of likely N-dealkylation sites (N-methyl/N-ethyl adjacent to an activating group) is 1. The Labute approximate surface area is 174 Å². The summed E-state index contributed by atoms with van der Waals surface area (Å²) in [5, 5.41) is 24.2. The van der Waals surface area contributed by atoms with Crippen LogP contribution in [0.4, 0.5) is 0 Å². The molecule has 6 rings (SSSR count). The van der Waals surface area contributed by atoms with E-state index in [1.165, 1.54) is 5.56 Å². The Morgan fingerprint density at radius 2 is 2.00 bits per heavy atom.